The molecule has 0 N–H and O–H groups in total. The fourth-order valence-corrected chi connectivity index (χ4v) is 20.2. The first kappa shape index (κ1) is 15.6. The van der Waals surface area contributed by atoms with Gasteiger partial charge in [-0.25, -0.2) is 0 Å². The van der Waals surface area contributed by atoms with Gasteiger partial charge in [0, 0.05) is 4.66 Å². The quantitative estimate of drug-likeness (QED) is 0.444. The molecule has 0 unspecified atom stereocenters. The molecule has 0 aromatic rings. The van der Waals surface area contributed by atoms with Crippen LogP contribution in [-0.2, 0) is 0 Å². The van der Waals surface area contributed by atoms with Crippen LogP contribution in [-0.4, -0.2) is 14.8 Å². The molecule has 0 atom stereocenters. The van der Waals surface area contributed by atoms with Crippen molar-refractivity contribution in [3.8, 4) is 0 Å². The summed E-state index contributed by atoms with van der Waals surface area (Å²) >= 11 is 13.5. The summed E-state index contributed by atoms with van der Waals surface area (Å²) in [4.78, 5) is 0. The second-order valence-electron chi connectivity index (χ2n) is 6.39. The van der Waals surface area contributed by atoms with E-state index in [1.807, 2.05) is 0 Å². The molecule has 0 aliphatic heterocycles. The van der Waals surface area contributed by atoms with Gasteiger partial charge in [0.25, 0.3) is 6.69 Å². The maximum atomic E-state index is 6.77. The monoisotopic (exact) mass is 306 g/mol. The number of rotatable bonds is 2. The van der Waals surface area contributed by atoms with Crippen molar-refractivity contribution in [3.63, 3.8) is 0 Å². The van der Waals surface area contributed by atoms with Crippen LogP contribution in [0.5, 0.6) is 0 Å². The van der Waals surface area contributed by atoms with E-state index >= 15 is 0 Å². The molecule has 0 spiro atoms. The normalized spacial score (nSPS) is 21.5. The highest BCUT2D eigenvalue weighted by atomic mass is 35.7. The standard InChI is InChI=1S/C13H24Cl2Si2/c1-9-10(2)12(4)13(11(9)3,16(5,6)7)17(8,14)15/h1-8H3. The van der Waals surface area contributed by atoms with E-state index in [0.717, 1.165) is 0 Å². The molecule has 1 aliphatic carbocycles. The third-order valence-electron chi connectivity index (χ3n) is 4.60. The summed E-state index contributed by atoms with van der Waals surface area (Å²) in [6, 6.07) is 0. The van der Waals surface area contributed by atoms with Crippen LogP contribution in [0, 0.1) is 0 Å². The van der Waals surface area contributed by atoms with E-state index in [2.05, 4.69) is 53.9 Å². The number of allylic oxidation sites excluding steroid dienone is 4. The summed E-state index contributed by atoms with van der Waals surface area (Å²) in [6.07, 6.45) is 0. The van der Waals surface area contributed by atoms with Gasteiger partial charge in [-0.15, -0.1) is 22.2 Å². The molecule has 0 bridgehead atoms. The van der Waals surface area contributed by atoms with Gasteiger partial charge in [-0.3, -0.25) is 0 Å². The average Bonchev–Trinajstić information content (AvgIpc) is 2.26. The highest BCUT2D eigenvalue weighted by Gasteiger charge is 2.61. The number of hydrogen-bond acceptors (Lipinski definition) is 0. The molecule has 1 rings (SSSR count). The molecule has 0 amide bonds. The summed E-state index contributed by atoms with van der Waals surface area (Å²) in [7, 11) is -1.54. The molecule has 0 aromatic heterocycles. The Morgan fingerprint density at radius 2 is 1.06 bits per heavy atom. The summed E-state index contributed by atoms with van der Waals surface area (Å²) in [6.45, 7) is 15.8. The second kappa shape index (κ2) is 4.26. The summed E-state index contributed by atoms with van der Waals surface area (Å²) in [5.74, 6) is 0. The second-order valence-corrected chi connectivity index (χ2v) is 19.8. The van der Waals surface area contributed by atoms with Gasteiger partial charge in [0.2, 0.25) is 0 Å². The van der Waals surface area contributed by atoms with Crippen LogP contribution < -0.4 is 0 Å². The third-order valence-corrected chi connectivity index (χ3v) is 16.1. The molecule has 0 saturated carbocycles. The Morgan fingerprint density at radius 1 is 0.765 bits per heavy atom. The molecule has 0 radical (unpaired) electrons. The van der Waals surface area contributed by atoms with Gasteiger partial charge in [-0.05, 0) is 45.4 Å². The lowest BCUT2D eigenvalue weighted by atomic mass is 10.1. The molecule has 0 fully saturated rings. The lowest BCUT2D eigenvalue weighted by Gasteiger charge is -2.49. The Kier molecular flexibility index (Phi) is 3.90. The van der Waals surface area contributed by atoms with E-state index in [4.69, 9.17) is 22.2 Å². The van der Waals surface area contributed by atoms with Crippen molar-refractivity contribution < 1.29 is 0 Å². The van der Waals surface area contributed by atoms with Crippen molar-refractivity contribution in [1.82, 2.24) is 0 Å². The maximum Gasteiger partial charge on any atom is 0.259 e. The third kappa shape index (κ3) is 1.92. The van der Waals surface area contributed by atoms with Crippen molar-refractivity contribution in [2.45, 2.75) is 58.5 Å². The smallest absolute Gasteiger partial charge is 0.145 e. The van der Waals surface area contributed by atoms with Crippen LogP contribution in [0.15, 0.2) is 22.3 Å². The molecule has 0 nitrogen and oxygen atoms in total. The highest BCUT2D eigenvalue weighted by Crippen LogP contribution is 2.65. The molecule has 4 heteroatoms. The van der Waals surface area contributed by atoms with Gasteiger partial charge in [0.1, 0.15) is 0 Å². The molecule has 0 aromatic carbocycles. The summed E-state index contributed by atoms with van der Waals surface area (Å²) < 4.78 is -0.00270. The first-order chi connectivity index (χ1) is 7.39. The average molecular weight is 307 g/mol. The van der Waals surface area contributed by atoms with Gasteiger partial charge < -0.3 is 0 Å². The molecule has 17 heavy (non-hydrogen) atoms. The lowest BCUT2D eigenvalue weighted by Crippen LogP contribution is -2.52. The van der Waals surface area contributed by atoms with Crippen LogP contribution in [0.3, 0.4) is 0 Å². The highest BCUT2D eigenvalue weighted by molar-refractivity contribution is 7.49. The lowest BCUT2D eigenvalue weighted by molar-refractivity contribution is 0.957. The topological polar surface area (TPSA) is 0 Å². The minimum absolute atomic E-state index is 0.00270. The largest absolute Gasteiger partial charge is 0.259 e. The molecule has 1 aliphatic rings. The zero-order valence-electron chi connectivity index (χ0n) is 12.3. The molecule has 98 valence electrons. The fraction of sp³-hybridized carbons (Fsp3) is 0.692. The van der Waals surface area contributed by atoms with Gasteiger partial charge >= 0.3 is 0 Å². The van der Waals surface area contributed by atoms with E-state index in [1.54, 1.807) is 0 Å². The Morgan fingerprint density at radius 3 is 1.18 bits per heavy atom. The maximum absolute atomic E-state index is 6.77. The van der Waals surface area contributed by atoms with E-state index in [1.165, 1.54) is 22.3 Å². The molecular formula is C13H24Cl2Si2. The van der Waals surface area contributed by atoms with Crippen LogP contribution in [0.2, 0.25) is 30.8 Å². The molecule has 0 heterocycles. The van der Waals surface area contributed by atoms with Gasteiger partial charge in [0.05, 0.1) is 8.07 Å². The molecular weight excluding hydrogens is 283 g/mol. The Balaban J connectivity index is 3.72. The van der Waals surface area contributed by atoms with E-state index in [-0.39, 0.29) is 4.66 Å². The summed E-state index contributed by atoms with van der Waals surface area (Å²) in [5, 5.41) is 0. The van der Waals surface area contributed by atoms with Crippen molar-refractivity contribution in [2.75, 3.05) is 0 Å². The van der Waals surface area contributed by atoms with Gasteiger partial charge in [-0.2, -0.15) is 0 Å². The Bertz CT molecular complexity index is 366. The minimum Gasteiger partial charge on any atom is -0.145 e. The van der Waals surface area contributed by atoms with Crippen LogP contribution >= 0.6 is 22.2 Å². The summed E-state index contributed by atoms with van der Waals surface area (Å²) in [5.41, 5.74) is 5.69. The van der Waals surface area contributed by atoms with Crippen molar-refractivity contribution >= 4 is 36.9 Å². The number of halogens is 2. The van der Waals surface area contributed by atoms with Crippen LogP contribution in [0.4, 0.5) is 0 Å². The van der Waals surface area contributed by atoms with E-state index < -0.39 is 14.8 Å². The number of hydrogen-bond donors (Lipinski definition) is 0. The Labute approximate surface area is 118 Å². The van der Waals surface area contributed by atoms with Crippen molar-refractivity contribution in [1.29, 1.82) is 0 Å². The SMILES string of the molecule is CC1=C(C)C([Si](C)(C)C)([Si](C)(Cl)Cl)C(C)=C1C. The van der Waals surface area contributed by atoms with Gasteiger partial charge in [-0.1, -0.05) is 30.8 Å². The molecule has 0 saturated heterocycles. The first-order valence-electron chi connectivity index (χ1n) is 6.13. The predicted molar refractivity (Wildman–Crippen MR) is 86.1 cm³/mol. The fourth-order valence-electron chi connectivity index (χ4n) is 3.85. The first-order valence-corrected chi connectivity index (χ1v) is 14.2. The zero-order chi connectivity index (χ0) is 13.8. The van der Waals surface area contributed by atoms with E-state index in [0.29, 0.717) is 0 Å². The predicted octanol–water partition coefficient (Wildman–Crippen LogP) is 5.84. The van der Waals surface area contributed by atoms with Crippen molar-refractivity contribution in [2.24, 2.45) is 0 Å². The minimum atomic E-state index is -2.33. The van der Waals surface area contributed by atoms with E-state index in [9.17, 15) is 0 Å². The Hall–Kier alpha value is 0.494. The van der Waals surface area contributed by atoms with Crippen LogP contribution in [0.25, 0.3) is 0 Å². The van der Waals surface area contributed by atoms with Gasteiger partial charge in [0.15, 0.2) is 0 Å². The van der Waals surface area contributed by atoms with Crippen molar-refractivity contribution in [3.05, 3.63) is 22.3 Å². The zero-order valence-corrected chi connectivity index (χ0v) is 15.8. The van der Waals surface area contributed by atoms with Crippen LogP contribution in [0.1, 0.15) is 27.7 Å².